The number of fused-ring (bicyclic) bond motifs is 1. The van der Waals surface area contributed by atoms with Gasteiger partial charge in [-0.15, -0.1) is 0 Å². The van der Waals surface area contributed by atoms with E-state index in [0.29, 0.717) is 40.1 Å². The van der Waals surface area contributed by atoms with Gasteiger partial charge >= 0.3 is 5.97 Å². The van der Waals surface area contributed by atoms with Crippen LogP contribution >= 0.6 is 23.2 Å². The van der Waals surface area contributed by atoms with Crippen LogP contribution in [0.25, 0.3) is 0 Å². The topological polar surface area (TPSA) is 89.0 Å². The lowest BCUT2D eigenvalue weighted by Gasteiger charge is -2.38. The molecule has 33 heavy (non-hydrogen) atoms. The van der Waals surface area contributed by atoms with E-state index in [1.807, 2.05) is 24.3 Å². The fourth-order valence-electron chi connectivity index (χ4n) is 3.87. The molecule has 2 heterocycles. The molecule has 1 aliphatic heterocycles. The van der Waals surface area contributed by atoms with Gasteiger partial charge in [-0.05, 0) is 35.7 Å². The number of aliphatic carboxylic acids is 1. The number of halogens is 2. The van der Waals surface area contributed by atoms with Crippen LogP contribution in [0.3, 0.4) is 0 Å². The highest BCUT2D eigenvalue weighted by molar-refractivity contribution is 6.30. The van der Waals surface area contributed by atoms with Crippen molar-refractivity contribution in [2.45, 2.75) is 12.5 Å². The second-order valence-corrected chi connectivity index (χ2v) is 8.30. The van der Waals surface area contributed by atoms with E-state index in [-0.39, 0.29) is 12.5 Å². The Hall–Kier alpha value is -3.29. The molecule has 0 bridgehead atoms. The Kier molecular flexibility index (Phi) is 7.01. The SMILES string of the molecule is O=C(O)COc1ccc(Cl)cc1C1c2ccccc2CCN1C(=O)COc1cncc(Cl)c1. The van der Waals surface area contributed by atoms with Gasteiger partial charge in [-0.3, -0.25) is 9.78 Å². The van der Waals surface area contributed by atoms with Crippen molar-refractivity contribution in [3.63, 3.8) is 0 Å². The lowest BCUT2D eigenvalue weighted by Crippen LogP contribution is -2.43. The molecule has 2 aromatic carbocycles. The molecule has 1 atom stereocenters. The highest BCUT2D eigenvalue weighted by atomic mass is 35.5. The molecular formula is C24H20Cl2N2O5. The van der Waals surface area contributed by atoms with Gasteiger partial charge in [0.2, 0.25) is 0 Å². The van der Waals surface area contributed by atoms with E-state index in [9.17, 15) is 9.59 Å². The van der Waals surface area contributed by atoms with E-state index in [1.54, 1.807) is 29.2 Å². The monoisotopic (exact) mass is 486 g/mol. The molecule has 0 saturated heterocycles. The summed E-state index contributed by atoms with van der Waals surface area (Å²) in [7, 11) is 0. The highest BCUT2D eigenvalue weighted by Gasteiger charge is 2.34. The average molecular weight is 487 g/mol. The van der Waals surface area contributed by atoms with Gasteiger partial charge in [-0.25, -0.2) is 4.79 Å². The maximum atomic E-state index is 13.3. The number of carboxylic acids is 1. The van der Waals surface area contributed by atoms with Crippen LogP contribution in [-0.2, 0) is 16.0 Å². The number of hydrogen-bond donors (Lipinski definition) is 1. The van der Waals surface area contributed by atoms with Crippen LogP contribution in [0.4, 0.5) is 0 Å². The van der Waals surface area contributed by atoms with Gasteiger partial charge in [0.25, 0.3) is 5.91 Å². The molecule has 0 fully saturated rings. The Morgan fingerprint density at radius 1 is 1.00 bits per heavy atom. The van der Waals surface area contributed by atoms with Crippen LogP contribution in [0.1, 0.15) is 22.7 Å². The molecule has 1 N–H and O–H groups in total. The zero-order chi connectivity index (χ0) is 23.4. The first-order chi connectivity index (χ1) is 15.9. The largest absolute Gasteiger partial charge is 0.482 e. The smallest absolute Gasteiger partial charge is 0.341 e. The molecule has 0 saturated carbocycles. The second-order valence-electron chi connectivity index (χ2n) is 7.43. The van der Waals surface area contributed by atoms with Gasteiger partial charge in [0.1, 0.15) is 11.5 Å². The third kappa shape index (κ3) is 5.38. The summed E-state index contributed by atoms with van der Waals surface area (Å²) in [5, 5.41) is 9.93. The minimum absolute atomic E-state index is 0.216. The number of rotatable bonds is 7. The summed E-state index contributed by atoms with van der Waals surface area (Å²) in [5.41, 5.74) is 2.62. The van der Waals surface area contributed by atoms with Gasteiger partial charge in [0.15, 0.2) is 13.2 Å². The van der Waals surface area contributed by atoms with Crippen LogP contribution < -0.4 is 9.47 Å². The lowest BCUT2D eigenvalue weighted by molar-refractivity contribution is -0.139. The summed E-state index contributed by atoms with van der Waals surface area (Å²) >= 11 is 12.2. The van der Waals surface area contributed by atoms with E-state index in [0.717, 1.165) is 11.1 Å². The normalized spacial score (nSPS) is 15.0. The molecule has 170 valence electrons. The van der Waals surface area contributed by atoms with Crippen molar-refractivity contribution in [1.82, 2.24) is 9.88 Å². The molecular weight excluding hydrogens is 467 g/mol. The van der Waals surface area contributed by atoms with E-state index >= 15 is 0 Å². The maximum absolute atomic E-state index is 13.3. The third-order valence-corrected chi connectivity index (χ3v) is 5.71. The first-order valence-corrected chi connectivity index (χ1v) is 10.9. The zero-order valence-electron chi connectivity index (χ0n) is 17.4. The maximum Gasteiger partial charge on any atom is 0.341 e. The number of hydrogen-bond acceptors (Lipinski definition) is 5. The summed E-state index contributed by atoms with van der Waals surface area (Å²) in [4.78, 5) is 30.0. The summed E-state index contributed by atoms with van der Waals surface area (Å²) in [6.07, 6.45) is 3.63. The van der Waals surface area contributed by atoms with Crippen LogP contribution in [0.5, 0.6) is 11.5 Å². The molecule has 1 unspecified atom stereocenters. The van der Waals surface area contributed by atoms with Crippen molar-refractivity contribution >= 4 is 35.1 Å². The Balaban J connectivity index is 1.68. The van der Waals surface area contributed by atoms with E-state index in [1.165, 1.54) is 12.4 Å². The number of nitrogens with zero attached hydrogens (tertiary/aromatic N) is 2. The number of benzene rings is 2. The highest BCUT2D eigenvalue weighted by Crippen LogP contribution is 2.40. The number of amides is 1. The number of aromatic nitrogens is 1. The number of carbonyl (C=O) groups excluding carboxylic acids is 1. The standard InChI is InChI=1S/C24H20Cl2N2O5/c25-16-5-6-21(33-14-23(30)31)20(10-16)24-19-4-2-1-3-15(19)7-8-28(24)22(29)13-32-18-9-17(26)11-27-12-18/h1-6,9-12,24H,7-8,13-14H2,(H,30,31). The van der Waals surface area contributed by atoms with Crippen molar-refractivity contribution in [2.75, 3.05) is 19.8 Å². The second kappa shape index (κ2) is 10.1. The van der Waals surface area contributed by atoms with Crippen LogP contribution in [0.15, 0.2) is 60.9 Å². The Labute approximate surface area is 200 Å². The van der Waals surface area contributed by atoms with E-state index < -0.39 is 18.6 Å². The number of carboxylic acid groups (broad SMARTS) is 1. The lowest BCUT2D eigenvalue weighted by atomic mass is 9.87. The fourth-order valence-corrected chi connectivity index (χ4v) is 4.22. The van der Waals surface area contributed by atoms with E-state index in [4.69, 9.17) is 37.8 Å². The van der Waals surface area contributed by atoms with E-state index in [2.05, 4.69) is 4.98 Å². The summed E-state index contributed by atoms with van der Waals surface area (Å²) in [6.45, 7) is -0.281. The van der Waals surface area contributed by atoms with Crippen molar-refractivity contribution in [3.05, 3.63) is 87.7 Å². The minimum Gasteiger partial charge on any atom is -0.482 e. The van der Waals surface area contributed by atoms with Crippen molar-refractivity contribution in [2.24, 2.45) is 0 Å². The Morgan fingerprint density at radius 3 is 2.61 bits per heavy atom. The molecule has 0 radical (unpaired) electrons. The van der Waals surface area contributed by atoms with Crippen molar-refractivity contribution < 1.29 is 24.2 Å². The fraction of sp³-hybridized carbons (Fsp3) is 0.208. The summed E-state index contributed by atoms with van der Waals surface area (Å²) < 4.78 is 11.2. The minimum atomic E-state index is -1.10. The van der Waals surface area contributed by atoms with Crippen LogP contribution in [-0.4, -0.2) is 46.6 Å². The average Bonchev–Trinajstić information content (AvgIpc) is 2.81. The van der Waals surface area contributed by atoms with Gasteiger partial charge < -0.3 is 19.5 Å². The molecule has 1 aliphatic rings. The molecule has 1 amide bonds. The molecule has 1 aromatic heterocycles. The first kappa shape index (κ1) is 22.9. The Morgan fingerprint density at radius 2 is 1.82 bits per heavy atom. The summed E-state index contributed by atoms with van der Waals surface area (Å²) in [6, 6.07) is 13.8. The molecule has 7 nitrogen and oxygen atoms in total. The van der Waals surface area contributed by atoms with Crippen molar-refractivity contribution in [1.29, 1.82) is 0 Å². The summed E-state index contributed by atoms with van der Waals surface area (Å²) in [5.74, 6) is -0.616. The number of pyridine rings is 1. The zero-order valence-corrected chi connectivity index (χ0v) is 18.9. The van der Waals surface area contributed by atoms with Crippen molar-refractivity contribution in [3.8, 4) is 11.5 Å². The van der Waals surface area contributed by atoms with Crippen LogP contribution in [0, 0.1) is 0 Å². The molecule has 0 spiro atoms. The first-order valence-electron chi connectivity index (χ1n) is 10.2. The Bertz CT molecular complexity index is 1190. The predicted octanol–water partition coefficient (Wildman–Crippen LogP) is 4.40. The number of ether oxygens (including phenoxy) is 2. The number of carbonyl (C=O) groups is 2. The quantitative estimate of drug-likeness (QED) is 0.532. The van der Waals surface area contributed by atoms with Gasteiger partial charge in [0.05, 0.1) is 17.3 Å². The molecule has 4 rings (SSSR count). The van der Waals surface area contributed by atoms with Gasteiger partial charge in [-0.2, -0.15) is 0 Å². The van der Waals surface area contributed by atoms with Gasteiger partial charge in [-0.1, -0.05) is 47.5 Å². The predicted molar refractivity (Wildman–Crippen MR) is 123 cm³/mol. The molecule has 9 heteroatoms. The molecule has 0 aliphatic carbocycles. The van der Waals surface area contributed by atoms with Crippen LogP contribution in [0.2, 0.25) is 10.0 Å². The molecule has 3 aromatic rings. The van der Waals surface area contributed by atoms with Gasteiger partial charge in [0, 0.05) is 29.4 Å². The third-order valence-electron chi connectivity index (χ3n) is 5.26.